The van der Waals surface area contributed by atoms with Gasteiger partial charge in [0.2, 0.25) is 0 Å². The number of ether oxygens (including phenoxy) is 1. The second-order valence-corrected chi connectivity index (χ2v) is 10.2. The van der Waals surface area contributed by atoms with Crippen LogP contribution in [0, 0.1) is 19.8 Å². The average Bonchev–Trinajstić information content (AvgIpc) is 2.73. The number of rotatable bonds is 9. The first-order valence-corrected chi connectivity index (χ1v) is 12.4. The number of hydrogen-bond donors (Lipinski definition) is 2. The molecule has 174 valence electrons. The van der Waals surface area contributed by atoms with Crippen LogP contribution in [-0.4, -0.2) is 20.9 Å². The molecule has 0 heterocycles. The Hall–Kier alpha value is -3.32. The summed E-state index contributed by atoms with van der Waals surface area (Å²) in [6.45, 7) is 8.74. The lowest BCUT2D eigenvalue weighted by atomic mass is 10.1. The Bertz CT molecular complexity index is 1180. The van der Waals surface area contributed by atoms with E-state index in [1.54, 1.807) is 48.5 Å². The lowest BCUT2D eigenvalue weighted by Gasteiger charge is -2.11. The van der Waals surface area contributed by atoms with Crippen molar-refractivity contribution in [3.8, 4) is 5.75 Å². The molecule has 0 radical (unpaired) electrons. The van der Waals surface area contributed by atoms with E-state index in [0.29, 0.717) is 29.5 Å². The SMILES string of the molecule is Cc1cc(C)cc(NS(=O)(=O)c2ccc(NC(=O)c3ccc(OCCC(C)C)cc3)cc2)c1. The molecule has 3 aromatic rings. The lowest BCUT2D eigenvalue weighted by molar-refractivity contribution is 0.102. The third-order valence-electron chi connectivity index (χ3n) is 4.98. The Labute approximate surface area is 196 Å². The molecule has 0 aliphatic rings. The number of hydrogen-bond acceptors (Lipinski definition) is 4. The molecule has 0 aromatic heterocycles. The van der Waals surface area contributed by atoms with Gasteiger partial charge >= 0.3 is 0 Å². The van der Waals surface area contributed by atoms with Crippen LogP contribution in [0.25, 0.3) is 0 Å². The fourth-order valence-corrected chi connectivity index (χ4v) is 4.32. The summed E-state index contributed by atoms with van der Waals surface area (Å²) in [5.74, 6) is 1.00. The average molecular weight is 467 g/mol. The zero-order chi connectivity index (χ0) is 24.0. The van der Waals surface area contributed by atoms with E-state index in [0.717, 1.165) is 23.3 Å². The molecule has 7 heteroatoms. The first kappa shape index (κ1) is 24.3. The van der Waals surface area contributed by atoms with Crippen LogP contribution in [-0.2, 0) is 10.0 Å². The highest BCUT2D eigenvalue weighted by Crippen LogP contribution is 2.21. The van der Waals surface area contributed by atoms with Crippen LogP contribution < -0.4 is 14.8 Å². The van der Waals surface area contributed by atoms with Crippen molar-refractivity contribution < 1.29 is 17.9 Å². The van der Waals surface area contributed by atoms with E-state index < -0.39 is 10.0 Å². The van der Waals surface area contributed by atoms with Crippen molar-refractivity contribution in [3.05, 3.63) is 83.4 Å². The lowest BCUT2D eigenvalue weighted by Crippen LogP contribution is -2.14. The maximum atomic E-state index is 12.7. The summed E-state index contributed by atoms with van der Waals surface area (Å²) in [5.41, 5.74) is 3.45. The van der Waals surface area contributed by atoms with Gasteiger partial charge in [-0.1, -0.05) is 19.9 Å². The summed E-state index contributed by atoms with van der Waals surface area (Å²) in [7, 11) is -3.74. The standard InChI is InChI=1S/C26H30N2O4S/c1-18(2)13-14-32-24-9-5-21(6-10-24)26(29)27-22-7-11-25(12-8-22)33(30,31)28-23-16-19(3)15-20(4)17-23/h5-12,15-18,28H,13-14H2,1-4H3,(H,27,29). The summed E-state index contributed by atoms with van der Waals surface area (Å²) < 4.78 is 33.7. The zero-order valence-electron chi connectivity index (χ0n) is 19.4. The van der Waals surface area contributed by atoms with E-state index in [-0.39, 0.29) is 10.8 Å². The predicted octanol–water partition coefficient (Wildman–Crippen LogP) is 5.78. The molecule has 0 atom stereocenters. The maximum Gasteiger partial charge on any atom is 0.261 e. The zero-order valence-corrected chi connectivity index (χ0v) is 20.2. The monoisotopic (exact) mass is 466 g/mol. The number of aryl methyl sites for hydroxylation is 2. The van der Waals surface area contributed by atoms with Crippen LogP contribution in [0.1, 0.15) is 41.8 Å². The van der Waals surface area contributed by atoms with Crippen molar-refractivity contribution in [1.29, 1.82) is 0 Å². The number of amides is 1. The van der Waals surface area contributed by atoms with E-state index in [1.165, 1.54) is 12.1 Å². The molecule has 0 saturated heterocycles. The molecular formula is C26H30N2O4S. The van der Waals surface area contributed by atoms with Gasteiger partial charge in [-0.25, -0.2) is 8.42 Å². The Balaban J connectivity index is 1.62. The second kappa shape index (κ2) is 10.5. The van der Waals surface area contributed by atoms with Crippen molar-refractivity contribution in [2.45, 2.75) is 39.0 Å². The predicted molar refractivity (Wildman–Crippen MR) is 133 cm³/mol. The highest BCUT2D eigenvalue weighted by atomic mass is 32.2. The molecule has 2 N–H and O–H groups in total. The minimum atomic E-state index is -3.74. The minimum absolute atomic E-state index is 0.113. The third kappa shape index (κ3) is 7.08. The summed E-state index contributed by atoms with van der Waals surface area (Å²) in [4.78, 5) is 12.6. The van der Waals surface area contributed by atoms with Gasteiger partial charge < -0.3 is 10.1 Å². The van der Waals surface area contributed by atoms with Crippen LogP contribution in [0.2, 0.25) is 0 Å². The summed E-state index contributed by atoms with van der Waals surface area (Å²) in [6, 6.07) is 18.5. The van der Waals surface area contributed by atoms with Gasteiger partial charge in [0, 0.05) is 16.9 Å². The Kier molecular flexibility index (Phi) is 7.76. The molecule has 0 bridgehead atoms. The van der Waals surface area contributed by atoms with Crippen molar-refractivity contribution in [3.63, 3.8) is 0 Å². The van der Waals surface area contributed by atoms with E-state index in [9.17, 15) is 13.2 Å². The van der Waals surface area contributed by atoms with Crippen molar-refractivity contribution in [1.82, 2.24) is 0 Å². The summed E-state index contributed by atoms with van der Waals surface area (Å²) in [5, 5.41) is 2.78. The highest BCUT2D eigenvalue weighted by Gasteiger charge is 2.15. The van der Waals surface area contributed by atoms with Gasteiger partial charge in [0.25, 0.3) is 15.9 Å². The molecule has 0 saturated carbocycles. The van der Waals surface area contributed by atoms with Gasteiger partial charge in [-0.2, -0.15) is 0 Å². The van der Waals surface area contributed by atoms with Crippen LogP contribution in [0.15, 0.2) is 71.6 Å². The smallest absolute Gasteiger partial charge is 0.261 e. The normalized spacial score (nSPS) is 11.3. The number of nitrogens with one attached hydrogen (secondary N) is 2. The molecule has 3 aromatic carbocycles. The molecule has 3 rings (SSSR count). The van der Waals surface area contributed by atoms with Crippen LogP contribution in [0.5, 0.6) is 5.75 Å². The number of benzene rings is 3. The molecule has 0 unspecified atom stereocenters. The fraction of sp³-hybridized carbons (Fsp3) is 0.269. The largest absolute Gasteiger partial charge is 0.494 e. The molecule has 0 aliphatic heterocycles. The number of sulfonamides is 1. The van der Waals surface area contributed by atoms with Gasteiger partial charge in [0.05, 0.1) is 11.5 Å². The first-order chi connectivity index (χ1) is 15.6. The van der Waals surface area contributed by atoms with Crippen molar-refractivity contribution in [2.75, 3.05) is 16.6 Å². The van der Waals surface area contributed by atoms with E-state index in [2.05, 4.69) is 23.9 Å². The number of carbonyl (C=O) groups excluding carboxylic acids is 1. The summed E-state index contributed by atoms with van der Waals surface area (Å²) in [6.07, 6.45) is 0.966. The molecule has 0 fully saturated rings. The summed E-state index contributed by atoms with van der Waals surface area (Å²) >= 11 is 0. The Morgan fingerprint density at radius 1 is 0.879 bits per heavy atom. The molecule has 6 nitrogen and oxygen atoms in total. The second-order valence-electron chi connectivity index (χ2n) is 8.52. The molecule has 0 spiro atoms. The van der Waals surface area contributed by atoms with E-state index in [1.807, 2.05) is 19.9 Å². The fourth-order valence-electron chi connectivity index (χ4n) is 3.28. The van der Waals surface area contributed by atoms with Gasteiger partial charge in [-0.3, -0.25) is 9.52 Å². The van der Waals surface area contributed by atoms with Crippen LogP contribution in [0.4, 0.5) is 11.4 Å². The van der Waals surface area contributed by atoms with Gasteiger partial charge in [0.15, 0.2) is 0 Å². The first-order valence-electron chi connectivity index (χ1n) is 10.9. The van der Waals surface area contributed by atoms with Gasteiger partial charge in [0.1, 0.15) is 5.75 Å². The topological polar surface area (TPSA) is 84.5 Å². The van der Waals surface area contributed by atoms with Crippen molar-refractivity contribution >= 4 is 27.3 Å². The van der Waals surface area contributed by atoms with Crippen LogP contribution in [0.3, 0.4) is 0 Å². The van der Waals surface area contributed by atoms with Crippen molar-refractivity contribution in [2.24, 2.45) is 5.92 Å². The van der Waals surface area contributed by atoms with Gasteiger partial charge in [-0.05, 0) is 98.0 Å². The minimum Gasteiger partial charge on any atom is -0.494 e. The Morgan fingerprint density at radius 2 is 1.48 bits per heavy atom. The molecule has 0 aliphatic carbocycles. The quantitative estimate of drug-likeness (QED) is 0.419. The molecule has 33 heavy (non-hydrogen) atoms. The number of carbonyl (C=O) groups is 1. The van der Waals surface area contributed by atoms with Crippen LogP contribution >= 0.6 is 0 Å². The van der Waals surface area contributed by atoms with Gasteiger partial charge in [-0.15, -0.1) is 0 Å². The van der Waals surface area contributed by atoms with E-state index >= 15 is 0 Å². The third-order valence-corrected chi connectivity index (χ3v) is 6.37. The molecular weight excluding hydrogens is 436 g/mol. The number of anilines is 2. The molecule has 1 amide bonds. The van der Waals surface area contributed by atoms with E-state index in [4.69, 9.17) is 4.74 Å². The highest BCUT2D eigenvalue weighted by molar-refractivity contribution is 7.92. The Morgan fingerprint density at radius 3 is 2.06 bits per heavy atom. The maximum absolute atomic E-state index is 12.7.